The van der Waals surface area contributed by atoms with E-state index in [1.54, 1.807) is 0 Å². The van der Waals surface area contributed by atoms with Crippen molar-refractivity contribution in [1.29, 1.82) is 0 Å². The summed E-state index contributed by atoms with van der Waals surface area (Å²) < 4.78 is 0.821. The molecular formula is C5H5N2O3-. The summed E-state index contributed by atoms with van der Waals surface area (Å²) in [6.07, 6.45) is 0. The fourth-order valence-corrected chi connectivity index (χ4v) is 0.534. The van der Waals surface area contributed by atoms with E-state index in [2.05, 4.69) is 0 Å². The summed E-state index contributed by atoms with van der Waals surface area (Å²) in [6.45, 7) is 0. The van der Waals surface area contributed by atoms with Gasteiger partial charge in [0.1, 0.15) is 0 Å². The topological polar surface area (TPSA) is 77.9 Å². The van der Waals surface area contributed by atoms with Crippen LogP contribution in [0.4, 0.5) is 0 Å². The second-order valence-electron chi connectivity index (χ2n) is 1.84. The molecule has 0 aliphatic rings. The lowest BCUT2D eigenvalue weighted by Crippen LogP contribution is -2.29. The molecular weight excluding hydrogens is 136 g/mol. The first-order valence-corrected chi connectivity index (χ1v) is 2.58. The second-order valence-corrected chi connectivity index (χ2v) is 1.84. The van der Waals surface area contributed by atoms with Crippen molar-refractivity contribution >= 4 is 0 Å². The summed E-state index contributed by atoms with van der Waals surface area (Å²) in [7, 11) is 1.29. The average Bonchev–Trinajstić information content (AvgIpc) is 1.82. The zero-order valence-electron chi connectivity index (χ0n) is 5.25. The van der Waals surface area contributed by atoms with Gasteiger partial charge in [-0.3, -0.25) is 9.78 Å². The smallest absolute Gasteiger partial charge is 0.327 e. The van der Waals surface area contributed by atoms with Crippen LogP contribution in [-0.2, 0) is 7.05 Å². The van der Waals surface area contributed by atoms with Crippen LogP contribution in [0.25, 0.3) is 0 Å². The zero-order chi connectivity index (χ0) is 7.72. The third kappa shape index (κ3) is 0.928. The van der Waals surface area contributed by atoms with Crippen molar-refractivity contribution in [2.45, 2.75) is 0 Å². The Kier molecular flexibility index (Phi) is 1.33. The molecule has 0 aliphatic carbocycles. The lowest BCUT2D eigenvalue weighted by molar-refractivity contribution is -0.279. The van der Waals surface area contributed by atoms with Crippen LogP contribution >= 0.6 is 0 Å². The van der Waals surface area contributed by atoms with Crippen LogP contribution in [0.5, 0.6) is 5.88 Å². The highest BCUT2D eigenvalue weighted by Crippen LogP contribution is 1.87. The standard InChI is InChI=1S/C5H6N2O3/c1-7-4(9)2-3(8)6-5(7)10/h2,9H,1H3,(H,6,8,10)/p-1. The van der Waals surface area contributed by atoms with E-state index in [0.29, 0.717) is 0 Å². The first-order valence-electron chi connectivity index (χ1n) is 2.58. The molecule has 0 unspecified atom stereocenters. The van der Waals surface area contributed by atoms with E-state index in [1.165, 1.54) is 7.05 Å². The van der Waals surface area contributed by atoms with Gasteiger partial charge in [-0.15, -0.1) is 0 Å². The van der Waals surface area contributed by atoms with Crippen LogP contribution < -0.4 is 16.4 Å². The van der Waals surface area contributed by atoms with Gasteiger partial charge < -0.3 is 9.67 Å². The number of nitrogens with zero attached hydrogens (tertiary/aromatic N) is 1. The summed E-state index contributed by atoms with van der Waals surface area (Å²) in [6, 6.07) is 0.821. The number of nitrogens with one attached hydrogen (secondary N) is 1. The molecule has 1 heterocycles. The van der Waals surface area contributed by atoms with Crippen LogP contribution in [0.15, 0.2) is 15.7 Å². The van der Waals surface area contributed by atoms with Gasteiger partial charge in [0.15, 0.2) is 0 Å². The molecule has 0 bridgehead atoms. The quantitative estimate of drug-likeness (QED) is 0.460. The van der Waals surface area contributed by atoms with Crippen LogP contribution in [-0.4, -0.2) is 9.55 Å². The van der Waals surface area contributed by atoms with Gasteiger partial charge in [-0.2, -0.15) is 0 Å². The minimum absolute atomic E-state index is 0.589. The van der Waals surface area contributed by atoms with Crippen LogP contribution in [0.2, 0.25) is 0 Å². The molecule has 0 saturated carbocycles. The molecule has 0 amide bonds. The Bertz CT molecular complexity index is 349. The maximum absolute atomic E-state index is 10.6. The van der Waals surface area contributed by atoms with Gasteiger partial charge in [0.25, 0.3) is 5.56 Å². The van der Waals surface area contributed by atoms with Crippen molar-refractivity contribution in [3.8, 4) is 5.88 Å². The fourth-order valence-electron chi connectivity index (χ4n) is 0.534. The highest BCUT2D eigenvalue weighted by atomic mass is 16.3. The molecule has 0 saturated heterocycles. The molecule has 1 rings (SSSR count). The van der Waals surface area contributed by atoms with E-state index in [-0.39, 0.29) is 0 Å². The number of aromatic amines is 1. The molecule has 1 aromatic rings. The van der Waals surface area contributed by atoms with Gasteiger partial charge >= 0.3 is 5.69 Å². The minimum Gasteiger partial charge on any atom is -0.860 e. The second kappa shape index (κ2) is 2.02. The third-order valence-corrected chi connectivity index (χ3v) is 1.12. The molecule has 0 fully saturated rings. The molecule has 5 nitrogen and oxygen atoms in total. The summed E-state index contributed by atoms with van der Waals surface area (Å²) in [5.41, 5.74) is -1.34. The molecule has 0 atom stereocenters. The lowest BCUT2D eigenvalue weighted by Gasteiger charge is -2.08. The average molecular weight is 141 g/mol. The SMILES string of the molecule is Cn1c([O-])cc(=O)[nH]c1=O. The van der Waals surface area contributed by atoms with Crippen molar-refractivity contribution in [2.75, 3.05) is 0 Å². The zero-order valence-corrected chi connectivity index (χ0v) is 5.25. The van der Waals surface area contributed by atoms with Crippen molar-refractivity contribution in [1.82, 2.24) is 9.55 Å². The summed E-state index contributed by atoms with van der Waals surface area (Å²) in [5, 5.41) is 10.6. The van der Waals surface area contributed by atoms with Gasteiger partial charge in [-0.05, 0) is 5.88 Å². The van der Waals surface area contributed by atoms with Crippen LogP contribution in [0, 0.1) is 0 Å². The highest BCUT2D eigenvalue weighted by molar-refractivity contribution is 5.02. The van der Waals surface area contributed by atoms with Gasteiger partial charge in [0.2, 0.25) is 0 Å². The number of aromatic nitrogens is 2. The van der Waals surface area contributed by atoms with E-state index in [4.69, 9.17) is 0 Å². The van der Waals surface area contributed by atoms with E-state index < -0.39 is 17.1 Å². The number of hydrogen-bond donors (Lipinski definition) is 1. The minimum atomic E-state index is -0.683. The maximum atomic E-state index is 10.6. The van der Waals surface area contributed by atoms with Crippen LogP contribution in [0.1, 0.15) is 0 Å². The molecule has 0 radical (unpaired) electrons. The Hall–Kier alpha value is -1.52. The third-order valence-electron chi connectivity index (χ3n) is 1.12. The van der Waals surface area contributed by atoms with E-state index in [0.717, 1.165) is 10.6 Å². The first-order chi connectivity index (χ1) is 4.61. The largest absolute Gasteiger partial charge is 0.860 e. The van der Waals surface area contributed by atoms with E-state index >= 15 is 0 Å². The van der Waals surface area contributed by atoms with Crippen LogP contribution in [0.3, 0.4) is 0 Å². The Labute approximate surface area is 55.6 Å². The number of rotatable bonds is 0. The van der Waals surface area contributed by atoms with Gasteiger partial charge in [0, 0.05) is 13.1 Å². The predicted octanol–water partition coefficient (Wildman–Crippen LogP) is -1.85. The lowest BCUT2D eigenvalue weighted by atomic mass is 10.6. The number of H-pyrrole nitrogens is 1. The van der Waals surface area contributed by atoms with E-state index in [9.17, 15) is 14.7 Å². The predicted molar refractivity (Wildman–Crippen MR) is 31.7 cm³/mol. The first kappa shape index (κ1) is 6.60. The molecule has 10 heavy (non-hydrogen) atoms. The molecule has 1 aromatic heterocycles. The normalized spacial score (nSPS) is 9.70. The Morgan fingerprint density at radius 1 is 1.60 bits per heavy atom. The highest BCUT2D eigenvalue weighted by Gasteiger charge is 1.89. The fraction of sp³-hybridized carbons (Fsp3) is 0.200. The van der Waals surface area contributed by atoms with Crippen molar-refractivity contribution in [3.63, 3.8) is 0 Å². The summed E-state index contributed by atoms with van der Waals surface area (Å²) in [4.78, 5) is 22.9. The summed E-state index contributed by atoms with van der Waals surface area (Å²) in [5.74, 6) is -0.589. The van der Waals surface area contributed by atoms with E-state index in [1.807, 2.05) is 4.98 Å². The van der Waals surface area contributed by atoms with Gasteiger partial charge in [-0.1, -0.05) is 0 Å². The molecule has 1 N–H and O–H groups in total. The maximum Gasteiger partial charge on any atom is 0.327 e. The van der Waals surface area contributed by atoms with Gasteiger partial charge in [-0.25, -0.2) is 4.79 Å². The van der Waals surface area contributed by atoms with Gasteiger partial charge in [0.05, 0.1) is 0 Å². The molecule has 0 aromatic carbocycles. The molecule has 0 aliphatic heterocycles. The number of hydrogen-bond acceptors (Lipinski definition) is 3. The Morgan fingerprint density at radius 2 is 2.20 bits per heavy atom. The summed E-state index contributed by atoms with van der Waals surface area (Å²) >= 11 is 0. The van der Waals surface area contributed by atoms with Crippen molar-refractivity contribution in [3.05, 3.63) is 26.9 Å². The van der Waals surface area contributed by atoms with Crippen molar-refractivity contribution in [2.24, 2.45) is 7.05 Å². The van der Waals surface area contributed by atoms with Crippen molar-refractivity contribution < 1.29 is 5.11 Å². The Balaban J connectivity index is 3.62. The molecule has 5 heteroatoms. The molecule has 54 valence electrons. The molecule has 0 spiro atoms. The monoisotopic (exact) mass is 141 g/mol. The Morgan fingerprint density at radius 3 is 2.70 bits per heavy atom.